The van der Waals surface area contributed by atoms with Crippen LogP contribution in [0.2, 0.25) is 0 Å². The highest BCUT2D eigenvalue weighted by atomic mass is 35.7. The summed E-state index contributed by atoms with van der Waals surface area (Å²) < 4.78 is 100. The second kappa shape index (κ2) is 5.50. The minimum Gasteiger partial charge on any atom is -0.405 e. The Balaban J connectivity index is 3.73. The van der Waals surface area contributed by atoms with Gasteiger partial charge in [0.25, 0.3) is 9.05 Å². The Morgan fingerprint density at radius 1 is 1.24 bits per heavy atom. The Kier molecular flexibility index (Phi) is 4.65. The molecule has 0 amide bonds. The number of pyridine rings is 1. The summed E-state index contributed by atoms with van der Waals surface area (Å²) in [5.41, 5.74) is 1.95. The van der Waals surface area contributed by atoms with Crippen molar-refractivity contribution in [3.05, 3.63) is 17.3 Å². The lowest BCUT2D eigenvalue weighted by molar-refractivity contribution is -0.276. The van der Waals surface area contributed by atoms with E-state index in [0.29, 0.717) is 0 Å². The van der Waals surface area contributed by atoms with Gasteiger partial charge in [0.2, 0.25) is 0 Å². The van der Waals surface area contributed by atoms with Crippen molar-refractivity contribution in [2.24, 2.45) is 5.73 Å². The van der Waals surface area contributed by atoms with Crippen molar-refractivity contribution in [2.45, 2.75) is 24.1 Å². The van der Waals surface area contributed by atoms with Crippen LogP contribution in [0.5, 0.6) is 5.75 Å². The molecule has 0 fully saturated rings. The number of nitrogens with two attached hydrogens (primary N) is 1. The number of hydrogen-bond acceptors (Lipinski definition) is 5. The number of hydrogen-bond donors (Lipinski definition) is 1. The summed E-state index contributed by atoms with van der Waals surface area (Å²) in [4.78, 5) is 2.91. The predicted octanol–water partition coefficient (Wildman–Crippen LogP) is 2.39. The van der Waals surface area contributed by atoms with Gasteiger partial charge in [0.05, 0.1) is 0 Å². The number of ether oxygens (including phenoxy) is 1. The Bertz CT molecular complexity index is 643. The standard InChI is InChI=1S/C8H5ClF6N2O3S/c9-21(18,19)6-3(1-16)5(20-8(13,14)15)4(2-17-6)7(10,11)12/h2H,1,16H2. The maximum Gasteiger partial charge on any atom is 0.573 e. The molecule has 0 atom stereocenters. The zero-order valence-corrected chi connectivity index (χ0v) is 11.2. The summed E-state index contributed by atoms with van der Waals surface area (Å²) in [6.07, 6.45) is -10.9. The van der Waals surface area contributed by atoms with Crippen LogP contribution in [-0.4, -0.2) is 19.8 Å². The van der Waals surface area contributed by atoms with E-state index in [1.165, 1.54) is 0 Å². The first-order valence-corrected chi connectivity index (χ1v) is 7.08. The van der Waals surface area contributed by atoms with Crippen LogP contribution in [0, 0.1) is 0 Å². The number of aromatic nitrogens is 1. The molecule has 0 aliphatic rings. The van der Waals surface area contributed by atoms with E-state index in [2.05, 4.69) is 9.72 Å². The lowest BCUT2D eigenvalue weighted by Crippen LogP contribution is -2.23. The van der Waals surface area contributed by atoms with Crippen LogP contribution < -0.4 is 10.5 Å². The first kappa shape index (κ1) is 17.8. The maximum atomic E-state index is 12.7. The van der Waals surface area contributed by atoms with E-state index >= 15 is 0 Å². The molecule has 0 spiro atoms. The van der Waals surface area contributed by atoms with Crippen molar-refractivity contribution >= 4 is 19.7 Å². The van der Waals surface area contributed by atoms with Gasteiger partial charge in [0.1, 0.15) is 5.56 Å². The molecule has 0 aromatic carbocycles. The van der Waals surface area contributed by atoms with E-state index in [1.807, 2.05) is 0 Å². The van der Waals surface area contributed by atoms with Gasteiger partial charge in [-0.2, -0.15) is 13.2 Å². The molecule has 1 aromatic rings. The quantitative estimate of drug-likeness (QED) is 0.662. The lowest BCUT2D eigenvalue weighted by Gasteiger charge is -2.19. The Morgan fingerprint density at radius 2 is 1.76 bits per heavy atom. The normalized spacial score (nSPS) is 13.3. The number of nitrogens with zero attached hydrogens (tertiary/aromatic N) is 1. The molecular weight excluding hydrogens is 354 g/mol. The van der Waals surface area contributed by atoms with Crippen LogP contribution in [-0.2, 0) is 21.8 Å². The molecule has 21 heavy (non-hydrogen) atoms. The van der Waals surface area contributed by atoms with Crippen LogP contribution in [0.1, 0.15) is 11.1 Å². The van der Waals surface area contributed by atoms with Crippen LogP contribution >= 0.6 is 10.7 Å². The van der Waals surface area contributed by atoms with Gasteiger partial charge >= 0.3 is 12.5 Å². The molecule has 13 heteroatoms. The highest BCUT2D eigenvalue weighted by Crippen LogP contribution is 2.41. The highest BCUT2D eigenvalue weighted by Gasteiger charge is 2.42. The average molecular weight is 359 g/mol. The van der Waals surface area contributed by atoms with E-state index in [0.717, 1.165) is 0 Å². The topological polar surface area (TPSA) is 82.3 Å². The largest absolute Gasteiger partial charge is 0.573 e. The summed E-state index contributed by atoms with van der Waals surface area (Å²) in [7, 11) is 0.169. The summed E-state index contributed by atoms with van der Waals surface area (Å²) in [5, 5.41) is -1.24. The van der Waals surface area contributed by atoms with Crippen molar-refractivity contribution in [1.29, 1.82) is 0 Å². The van der Waals surface area contributed by atoms with Gasteiger partial charge in [-0.3, -0.25) is 0 Å². The second-order valence-corrected chi connectivity index (χ2v) is 5.95. The first-order valence-electron chi connectivity index (χ1n) is 4.77. The maximum absolute atomic E-state index is 12.7. The van der Waals surface area contributed by atoms with Gasteiger partial charge in [0, 0.05) is 29.0 Å². The van der Waals surface area contributed by atoms with Gasteiger partial charge in [-0.25, -0.2) is 13.4 Å². The van der Waals surface area contributed by atoms with Crippen molar-refractivity contribution in [1.82, 2.24) is 4.98 Å². The molecule has 1 rings (SSSR count). The van der Waals surface area contributed by atoms with Gasteiger partial charge in [-0.15, -0.1) is 13.2 Å². The molecule has 1 aromatic heterocycles. The number of alkyl halides is 6. The Morgan fingerprint density at radius 3 is 2.10 bits per heavy atom. The fourth-order valence-electron chi connectivity index (χ4n) is 1.34. The van der Waals surface area contributed by atoms with Gasteiger partial charge in [-0.05, 0) is 0 Å². The van der Waals surface area contributed by atoms with Crippen LogP contribution in [0.3, 0.4) is 0 Å². The van der Waals surface area contributed by atoms with Crippen molar-refractivity contribution < 1.29 is 39.5 Å². The van der Waals surface area contributed by atoms with E-state index in [1.54, 1.807) is 0 Å². The van der Waals surface area contributed by atoms with Gasteiger partial charge in [0.15, 0.2) is 10.8 Å². The average Bonchev–Trinajstić information content (AvgIpc) is 2.23. The Labute approximate surface area is 118 Å². The molecule has 120 valence electrons. The van der Waals surface area contributed by atoms with Gasteiger partial charge < -0.3 is 10.5 Å². The lowest BCUT2D eigenvalue weighted by atomic mass is 10.1. The number of rotatable bonds is 3. The molecule has 0 radical (unpaired) electrons. The zero-order valence-electron chi connectivity index (χ0n) is 9.59. The number of halogens is 7. The van der Waals surface area contributed by atoms with Crippen LogP contribution in [0.15, 0.2) is 11.2 Å². The second-order valence-electron chi connectivity index (χ2n) is 3.47. The molecule has 0 saturated carbocycles. The van der Waals surface area contributed by atoms with E-state index in [9.17, 15) is 34.8 Å². The first-order chi connectivity index (χ1) is 9.27. The molecule has 0 aliphatic heterocycles. The molecular formula is C8H5ClF6N2O3S. The molecule has 1 heterocycles. The summed E-state index contributed by atoms with van der Waals surface area (Å²) >= 11 is 0. The van der Waals surface area contributed by atoms with E-state index in [-0.39, 0.29) is 6.20 Å². The van der Waals surface area contributed by atoms with E-state index in [4.69, 9.17) is 16.4 Å². The van der Waals surface area contributed by atoms with Gasteiger partial charge in [-0.1, -0.05) is 0 Å². The third-order valence-electron chi connectivity index (χ3n) is 2.05. The fourth-order valence-corrected chi connectivity index (χ4v) is 2.39. The molecule has 5 nitrogen and oxygen atoms in total. The molecule has 2 N–H and O–H groups in total. The third kappa shape index (κ3) is 4.35. The summed E-state index contributed by atoms with van der Waals surface area (Å²) in [6.45, 7) is -1.02. The minimum atomic E-state index is -5.50. The van der Waals surface area contributed by atoms with Crippen molar-refractivity contribution in [3.63, 3.8) is 0 Å². The van der Waals surface area contributed by atoms with E-state index < -0.39 is 50.0 Å². The SMILES string of the molecule is NCc1c(S(=O)(=O)Cl)ncc(C(F)(F)F)c1OC(F)(F)F. The zero-order chi connectivity index (χ0) is 16.6. The summed E-state index contributed by atoms with van der Waals surface area (Å²) in [5.74, 6) is -1.80. The smallest absolute Gasteiger partial charge is 0.405 e. The third-order valence-corrected chi connectivity index (χ3v) is 3.30. The Hall–Kier alpha value is -1.27. The van der Waals surface area contributed by atoms with Crippen molar-refractivity contribution in [2.75, 3.05) is 0 Å². The van der Waals surface area contributed by atoms with Crippen LogP contribution in [0.4, 0.5) is 26.3 Å². The monoisotopic (exact) mass is 358 g/mol. The summed E-state index contributed by atoms with van der Waals surface area (Å²) in [6, 6.07) is 0. The molecule has 0 unspecified atom stereocenters. The molecule has 0 aliphatic carbocycles. The predicted molar refractivity (Wildman–Crippen MR) is 56.9 cm³/mol. The minimum absolute atomic E-state index is 0.129. The van der Waals surface area contributed by atoms with Crippen molar-refractivity contribution in [3.8, 4) is 5.75 Å². The molecule has 0 saturated heterocycles. The fraction of sp³-hybridized carbons (Fsp3) is 0.375. The highest BCUT2D eigenvalue weighted by molar-refractivity contribution is 8.13. The van der Waals surface area contributed by atoms with Crippen LogP contribution in [0.25, 0.3) is 0 Å². The molecule has 0 bridgehead atoms.